The Morgan fingerprint density at radius 2 is 2.00 bits per heavy atom. The van der Waals surface area contributed by atoms with Crippen LogP contribution in [0, 0.1) is 0 Å². The molecule has 0 fully saturated rings. The Kier molecular flexibility index (Phi) is 4.93. The number of tetrazole rings is 1. The molecule has 0 saturated carbocycles. The largest absolute Gasteiger partial charge is 0.492 e. The number of rotatable bonds is 4. The maximum atomic E-state index is 12.2. The summed E-state index contributed by atoms with van der Waals surface area (Å²) in [6.07, 6.45) is 0.845. The van der Waals surface area contributed by atoms with E-state index >= 15 is 0 Å². The summed E-state index contributed by atoms with van der Waals surface area (Å²) in [4.78, 5) is 16.0. The summed E-state index contributed by atoms with van der Waals surface area (Å²) in [5, 5.41) is 12.6. The maximum absolute atomic E-state index is 12.2. The molecular weight excluding hydrogens is 412 g/mol. The molecule has 2 aliphatic rings. The lowest BCUT2D eigenvalue weighted by molar-refractivity contribution is 0.0827. The molecule has 2 aromatic carbocycles. The number of nitrogens with zero attached hydrogens (tertiary/aromatic N) is 6. The van der Waals surface area contributed by atoms with Crippen molar-refractivity contribution in [3.05, 3.63) is 52.8 Å². The summed E-state index contributed by atoms with van der Waals surface area (Å²) in [5.41, 5.74) is 3.46. The normalized spacial score (nSPS) is 17.2. The van der Waals surface area contributed by atoms with Gasteiger partial charge in [0.2, 0.25) is 12.5 Å². The van der Waals surface area contributed by atoms with Crippen molar-refractivity contribution in [2.75, 3.05) is 41.6 Å². The summed E-state index contributed by atoms with van der Waals surface area (Å²) in [6.45, 7) is 0.994. The smallest absolute Gasteiger partial charge is 0.253 e. The number of carbonyl (C=O) groups is 1. The minimum Gasteiger partial charge on any atom is -0.492 e. The number of fused-ring (bicyclic) bond motifs is 2. The van der Waals surface area contributed by atoms with Crippen molar-refractivity contribution in [3.63, 3.8) is 0 Å². The third-order valence-electron chi connectivity index (χ3n) is 5.90. The molecule has 10 heteroatoms. The highest BCUT2D eigenvalue weighted by Crippen LogP contribution is 2.50. The second-order valence-corrected chi connectivity index (χ2v) is 8.04. The van der Waals surface area contributed by atoms with Crippen LogP contribution < -0.4 is 14.2 Å². The van der Waals surface area contributed by atoms with Gasteiger partial charge in [0, 0.05) is 31.8 Å². The Bertz CT molecular complexity index is 1170. The minimum absolute atomic E-state index is 0.0600. The molecular formula is C22H24N6O4. The van der Waals surface area contributed by atoms with E-state index in [-0.39, 0.29) is 18.7 Å². The number of amides is 1. The first-order chi connectivity index (χ1) is 15.5. The minimum atomic E-state index is -0.249. The van der Waals surface area contributed by atoms with Gasteiger partial charge in [-0.2, -0.15) is 4.68 Å². The average molecular weight is 436 g/mol. The molecule has 1 aromatic heterocycles. The monoisotopic (exact) mass is 436 g/mol. The highest BCUT2D eigenvalue weighted by Gasteiger charge is 2.37. The van der Waals surface area contributed by atoms with Gasteiger partial charge in [-0.25, -0.2) is 0 Å². The second-order valence-electron chi connectivity index (χ2n) is 8.04. The quantitative estimate of drug-likeness (QED) is 0.610. The maximum Gasteiger partial charge on any atom is 0.253 e. The van der Waals surface area contributed by atoms with Crippen molar-refractivity contribution in [2.45, 2.75) is 12.5 Å². The number of ether oxygens (including phenoxy) is 3. The summed E-state index contributed by atoms with van der Waals surface area (Å²) in [7, 11) is 7.12. The second kappa shape index (κ2) is 7.79. The van der Waals surface area contributed by atoms with Gasteiger partial charge in [-0.15, -0.1) is 5.10 Å². The van der Waals surface area contributed by atoms with Crippen molar-refractivity contribution in [1.29, 1.82) is 0 Å². The Hall–Kier alpha value is -3.66. The topological polar surface area (TPSA) is 94.8 Å². The molecule has 5 rings (SSSR count). The summed E-state index contributed by atoms with van der Waals surface area (Å²) < 4.78 is 18.8. The van der Waals surface area contributed by atoms with E-state index in [1.54, 1.807) is 42.9 Å². The summed E-state index contributed by atoms with van der Waals surface area (Å²) in [5.74, 6) is 2.54. The first-order valence-electron chi connectivity index (χ1n) is 10.3. The van der Waals surface area contributed by atoms with E-state index in [2.05, 4.69) is 20.4 Å². The number of likely N-dealkylation sites (N-methyl/N-ethyl adjacent to an activating group) is 1. The molecule has 1 amide bonds. The standard InChI is InChI=1S/C22H24N6O4/c1-26(2)22(29)13-5-7-15(8-6-13)28-21(23-24-25-28)18-17-14(9-10-27(18)3)11-16-19(20(17)30-4)32-12-31-16/h5-8,11,18H,9-10,12H2,1-4H3/t18-/m0/s1. The molecule has 0 N–H and O–H groups in total. The SMILES string of the molecule is COc1c2c(cc3c1[C@@H](c1nnnn1-c1ccc(C(=O)N(C)C)cc1)N(C)CC3)OCO2. The van der Waals surface area contributed by atoms with Gasteiger partial charge in [0.15, 0.2) is 17.3 Å². The van der Waals surface area contributed by atoms with Gasteiger partial charge in [0.25, 0.3) is 5.91 Å². The van der Waals surface area contributed by atoms with Crippen LogP contribution >= 0.6 is 0 Å². The number of aromatic nitrogens is 4. The lowest BCUT2D eigenvalue weighted by atomic mass is 9.90. The van der Waals surface area contributed by atoms with Crippen LogP contribution in [0.2, 0.25) is 0 Å². The molecule has 1 atom stereocenters. The van der Waals surface area contributed by atoms with Gasteiger partial charge in [-0.3, -0.25) is 9.69 Å². The first kappa shape index (κ1) is 20.3. The Balaban J connectivity index is 1.60. The molecule has 3 heterocycles. The Morgan fingerprint density at radius 1 is 1.22 bits per heavy atom. The molecule has 0 saturated heterocycles. The van der Waals surface area contributed by atoms with Crippen molar-refractivity contribution in [1.82, 2.24) is 30.0 Å². The van der Waals surface area contributed by atoms with Gasteiger partial charge in [0.1, 0.15) is 6.04 Å². The van der Waals surface area contributed by atoms with Crippen LogP contribution in [-0.2, 0) is 6.42 Å². The number of carbonyl (C=O) groups excluding carboxylic acids is 1. The van der Waals surface area contributed by atoms with E-state index in [0.717, 1.165) is 29.8 Å². The third-order valence-corrected chi connectivity index (χ3v) is 5.90. The number of hydrogen-bond acceptors (Lipinski definition) is 8. The van der Waals surface area contributed by atoms with E-state index in [1.807, 2.05) is 25.2 Å². The first-order valence-corrected chi connectivity index (χ1v) is 10.3. The lowest BCUT2D eigenvalue weighted by Crippen LogP contribution is -2.35. The molecule has 3 aromatic rings. The Morgan fingerprint density at radius 3 is 2.72 bits per heavy atom. The third kappa shape index (κ3) is 3.14. The van der Waals surface area contributed by atoms with Crippen LogP contribution in [0.5, 0.6) is 17.2 Å². The molecule has 32 heavy (non-hydrogen) atoms. The number of hydrogen-bond donors (Lipinski definition) is 0. The highest BCUT2D eigenvalue weighted by molar-refractivity contribution is 5.94. The van der Waals surface area contributed by atoms with Crippen LogP contribution in [0.1, 0.15) is 33.4 Å². The zero-order valence-electron chi connectivity index (χ0n) is 18.4. The molecule has 0 spiro atoms. The summed E-state index contributed by atoms with van der Waals surface area (Å²) in [6, 6.07) is 9.02. The van der Waals surface area contributed by atoms with Gasteiger partial charge in [-0.1, -0.05) is 0 Å². The fourth-order valence-corrected chi connectivity index (χ4v) is 4.31. The molecule has 2 aliphatic heterocycles. The van der Waals surface area contributed by atoms with E-state index in [1.165, 1.54) is 0 Å². The molecule has 0 unspecified atom stereocenters. The van der Waals surface area contributed by atoms with E-state index < -0.39 is 0 Å². The van der Waals surface area contributed by atoms with Crippen molar-refractivity contribution in [3.8, 4) is 22.9 Å². The van der Waals surface area contributed by atoms with E-state index in [9.17, 15) is 4.79 Å². The van der Waals surface area contributed by atoms with Crippen LogP contribution in [-0.4, -0.2) is 77.5 Å². The molecule has 0 radical (unpaired) electrons. The van der Waals surface area contributed by atoms with Gasteiger partial charge < -0.3 is 19.1 Å². The van der Waals surface area contributed by atoms with Crippen LogP contribution in [0.15, 0.2) is 30.3 Å². The molecule has 0 aliphatic carbocycles. The number of methoxy groups -OCH3 is 1. The predicted octanol–water partition coefficient (Wildman–Crippen LogP) is 1.68. The van der Waals surface area contributed by atoms with Crippen molar-refractivity contribution < 1.29 is 19.0 Å². The van der Waals surface area contributed by atoms with E-state index in [4.69, 9.17) is 14.2 Å². The van der Waals surface area contributed by atoms with Crippen molar-refractivity contribution >= 4 is 5.91 Å². The zero-order chi connectivity index (χ0) is 22.4. The zero-order valence-corrected chi connectivity index (χ0v) is 18.4. The fourth-order valence-electron chi connectivity index (χ4n) is 4.31. The Labute approximate surface area is 185 Å². The molecule has 166 valence electrons. The fraction of sp³-hybridized carbons (Fsp3) is 0.364. The van der Waals surface area contributed by atoms with Gasteiger partial charge in [-0.05, 0) is 59.8 Å². The molecule has 0 bridgehead atoms. The average Bonchev–Trinajstić information content (AvgIpc) is 3.46. The van der Waals surface area contributed by atoms with Crippen LogP contribution in [0.3, 0.4) is 0 Å². The van der Waals surface area contributed by atoms with Crippen LogP contribution in [0.4, 0.5) is 0 Å². The predicted molar refractivity (Wildman–Crippen MR) is 114 cm³/mol. The molecule has 10 nitrogen and oxygen atoms in total. The van der Waals surface area contributed by atoms with E-state index in [0.29, 0.717) is 28.6 Å². The lowest BCUT2D eigenvalue weighted by Gasteiger charge is -2.34. The number of benzene rings is 2. The van der Waals surface area contributed by atoms with Gasteiger partial charge >= 0.3 is 0 Å². The van der Waals surface area contributed by atoms with Gasteiger partial charge in [0.05, 0.1) is 12.8 Å². The van der Waals surface area contributed by atoms with Crippen molar-refractivity contribution in [2.24, 2.45) is 0 Å². The van der Waals surface area contributed by atoms with Crippen LogP contribution in [0.25, 0.3) is 5.69 Å². The summed E-state index contributed by atoms with van der Waals surface area (Å²) >= 11 is 0. The highest BCUT2D eigenvalue weighted by atomic mass is 16.7.